The summed E-state index contributed by atoms with van der Waals surface area (Å²) in [5.74, 6) is 0.739. The number of hydrogen-bond donors (Lipinski definition) is 1. The van der Waals surface area contributed by atoms with Gasteiger partial charge in [-0.15, -0.1) is 0 Å². The molecule has 1 amide bonds. The van der Waals surface area contributed by atoms with Crippen molar-refractivity contribution in [2.24, 2.45) is 5.73 Å². The first-order valence-electron chi connectivity index (χ1n) is 6.13. The van der Waals surface area contributed by atoms with E-state index in [0.29, 0.717) is 6.54 Å². The van der Waals surface area contributed by atoms with Gasteiger partial charge in [0.05, 0.1) is 0 Å². The number of amides is 1. The summed E-state index contributed by atoms with van der Waals surface area (Å²) in [6.07, 6.45) is 0.262. The van der Waals surface area contributed by atoms with E-state index in [-0.39, 0.29) is 5.91 Å². The largest absolute Gasteiger partial charge is 0.480 e. The van der Waals surface area contributed by atoms with Crippen LogP contribution in [-0.2, 0) is 11.2 Å². The number of benzene rings is 1. The molecule has 4 heteroatoms. The number of ether oxygens (including phenoxy) is 1. The number of carbonyl (C=O) groups is 1. The second kappa shape index (κ2) is 6.40. The molecular weight excluding hydrogens is 228 g/mol. The van der Waals surface area contributed by atoms with Gasteiger partial charge in [0.15, 0.2) is 6.10 Å². The molecule has 100 valence electrons. The van der Waals surface area contributed by atoms with E-state index in [1.165, 1.54) is 4.90 Å². The Labute approximate surface area is 109 Å². The highest BCUT2D eigenvalue weighted by atomic mass is 16.5. The maximum Gasteiger partial charge on any atom is 0.262 e. The van der Waals surface area contributed by atoms with Gasteiger partial charge in [-0.2, -0.15) is 0 Å². The van der Waals surface area contributed by atoms with E-state index in [9.17, 15) is 4.79 Å². The molecule has 0 heterocycles. The zero-order valence-electron chi connectivity index (χ0n) is 11.6. The van der Waals surface area contributed by atoms with Crippen LogP contribution >= 0.6 is 0 Å². The van der Waals surface area contributed by atoms with Gasteiger partial charge in [-0.05, 0) is 37.9 Å². The topological polar surface area (TPSA) is 55.6 Å². The maximum atomic E-state index is 11.8. The summed E-state index contributed by atoms with van der Waals surface area (Å²) in [4.78, 5) is 13.3. The molecule has 0 saturated heterocycles. The van der Waals surface area contributed by atoms with E-state index in [1.807, 2.05) is 25.1 Å². The fraction of sp³-hybridized carbons (Fsp3) is 0.500. The van der Waals surface area contributed by atoms with Crippen molar-refractivity contribution in [3.8, 4) is 5.75 Å². The van der Waals surface area contributed by atoms with Gasteiger partial charge in [0, 0.05) is 14.1 Å². The first kappa shape index (κ1) is 14.5. The van der Waals surface area contributed by atoms with Gasteiger partial charge in [-0.3, -0.25) is 4.79 Å². The van der Waals surface area contributed by atoms with Gasteiger partial charge in [0.2, 0.25) is 0 Å². The molecular formula is C14H22N2O2. The Hall–Kier alpha value is -1.55. The molecule has 1 aromatic carbocycles. The molecule has 0 spiro atoms. The maximum absolute atomic E-state index is 11.8. The highest BCUT2D eigenvalue weighted by Crippen LogP contribution is 2.25. The number of para-hydroxylation sites is 1. The predicted molar refractivity (Wildman–Crippen MR) is 72.7 cm³/mol. The third-order valence-corrected chi connectivity index (χ3v) is 2.79. The normalized spacial score (nSPS) is 12.1. The van der Waals surface area contributed by atoms with Crippen LogP contribution in [0.2, 0.25) is 0 Å². The van der Waals surface area contributed by atoms with E-state index in [0.717, 1.165) is 23.3 Å². The average Bonchev–Trinajstić information content (AvgIpc) is 2.32. The van der Waals surface area contributed by atoms with Crippen LogP contribution in [0.3, 0.4) is 0 Å². The quantitative estimate of drug-likeness (QED) is 0.858. The second-order valence-electron chi connectivity index (χ2n) is 4.59. The van der Waals surface area contributed by atoms with Gasteiger partial charge in [0.1, 0.15) is 5.75 Å². The van der Waals surface area contributed by atoms with E-state index in [4.69, 9.17) is 10.5 Å². The average molecular weight is 250 g/mol. The lowest BCUT2D eigenvalue weighted by Crippen LogP contribution is -2.35. The third-order valence-electron chi connectivity index (χ3n) is 2.79. The molecule has 2 N–H and O–H groups in total. The molecule has 0 saturated carbocycles. The van der Waals surface area contributed by atoms with Crippen molar-refractivity contribution >= 4 is 5.91 Å². The van der Waals surface area contributed by atoms with Crippen molar-refractivity contribution in [3.05, 3.63) is 29.3 Å². The van der Waals surface area contributed by atoms with Gasteiger partial charge < -0.3 is 15.4 Å². The molecule has 0 bridgehead atoms. The molecule has 18 heavy (non-hydrogen) atoms. The van der Waals surface area contributed by atoms with Crippen LogP contribution in [0.25, 0.3) is 0 Å². The van der Waals surface area contributed by atoms with Crippen LogP contribution in [0.1, 0.15) is 18.1 Å². The third kappa shape index (κ3) is 3.47. The Bertz CT molecular complexity index is 416. The van der Waals surface area contributed by atoms with Crippen molar-refractivity contribution < 1.29 is 9.53 Å². The molecule has 1 rings (SSSR count). The summed E-state index contributed by atoms with van der Waals surface area (Å²) in [6.45, 7) is 4.30. The summed E-state index contributed by atoms with van der Waals surface area (Å²) in [5, 5.41) is 0. The fourth-order valence-electron chi connectivity index (χ4n) is 1.83. The minimum Gasteiger partial charge on any atom is -0.480 e. The monoisotopic (exact) mass is 250 g/mol. The lowest BCUT2D eigenvalue weighted by Gasteiger charge is -2.21. The Morgan fingerprint density at radius 2 is 2.11 bits per heavy atom. The molecule has 4 nitrogen and oxygen atoms in total. The van der Waals surface area contributed by atoms with Crippen LogP contribution in [0.4, 0.5) is 0 Å². The molecule has 0 aliphatic carbocycles. The summed E-state index contributed by atoms with van der Waals surface area (Å²) >= 11 is 0. The molecule has 0 aliphatic heterocycles. The van der Waals surface area contributed by atoms with E-state index in [1.54, 1.807) is 21.0 Å². The number of likely N-dealkylation sites (N-methyl/N-ethyl adjacent to an activating group) is 1. The Kier molecular flexibility index (Phi) is 5.16. The predicted octanol–water partition coefficient (Wildman–Crippen LogP) is 1.35. The molecule has 0 aromatic heterocycles. The first-order valence-corrected chi connectivity index (χ1v) is 6.13. The zero-order chi connectivity index (χ0) is 13.7. The molecule has 0 aliphatic rings. The van der Waals surface area contributed by atoms with Crippen LogP contribution in [0.15, 0.2) is 18.2 Å². The SMILES string of the molecule is Cc1cccc(CCN)c1OC(C)C(=O)N(C)C. The Balaban J connectivity index is 2.92. The number of rotatable bonds is 5. The summed E-state index contributed by atoms with van der Waals surface area (Å²) in [7, 11) is 3.45. The van der Waals surface area contributed by atoms with Crippen LogP contribution in [0.5, 0.6) is 5.75 Å². The number of hydrogen-bond acceptors (Lipinski definition) is 3. The van der Waals surface area contributed by atoms with Gasteiger partial charge >= 0.3 is 0 Å². The van der Waals surface area contributed by atoms with Gasteiger partial charge in [-0.1, -0.05) is 18.2 Å². The van der Waals surface area contributed by atoms with Crippen molar-refractivity contribution in [3.63, 3.8) is 0 Å². The summed E-state index contributed by atoms with van der Waals surface area (Å²) in [5.41, 5.74) is 7.67. The van der Waals surface area contributed by atoms with Crippen LogP contribution in [-0.4, -0.2) is 37.6 Å². The van der Waals surface area contributed by atoms with Gasteiger partial charge in [0.25, 0.3) is 5.91 Å². The van der Waals surface area contributed by atoms with Crippen LogP contribution < -0.4 is 10.5 Å². The van der Waals surface area contributed by atoms with Crippen molar-refractivity contribution in [2.45, 2.75) is 26.4 Å². The highest BCUT2D eigenvalue weighted by molar-refractivity contribution is 5.80. The highest BCUT2D eigenvalue weighted by Gasteiger charge is 2.18. The summed E-state index contributed by atoms with van der Waals surface area (Å²) < 4.78 is 5.81. The lowest BCUT2D eigenvalue weighted by molar-refractivity contribution is -0.135. The number of nitrogens with zero attached hydrogens (tertiary/aromatic N) is 1. The minimum absolute atomic E-state index is 0.0445. The smallest absolute Gasteiger partial charge is 0.262 e. The number of aryl methyl sites for hydroxylation is 1. The first-order chi connectivity index (χ1) is 8.47. The van der Waals surface area contributed by atoms with Gasteiger partial charge in [-0.25, -0.2) is 0 Å². The minimum atomic E-state index is -0.488. The standard InChI is InChI=1S/C14H22N2O2/c1-10-6-5-7-12(8-9-15)13(10)18-11(2)14(17)16(3)4/h5-7,11H,8-9,15H2,1-4H3. The molecule has 0 fully saturated rings. The Morgan fingerprint density at radius 3 is 2.67 bits per heavy atom. The zero-order valence-corrected chi connectivity index (χ0v) is 11.6. The van der Waals surface area contributed by atoms with E-state index < -0.39 is 6.10 Å². The van der Waals surface area contributed by atoms with Crippen molar-refractivity contribution in [2.75, 3.05) is 20.6 Å². The van der Waals surface area contributed by atoms with Crippen molar-refractivity contribution in [1.29, 1.82) is 0 Å². The molecule has 1 unspecified atom stereocenters. The lowest BCUT2D eigenvalue weighted by atomic mass is 10.1. The number of carbonyl (C=O) groups excluding carboxylic acids is 1. The molecule has 1 atom stereocenters. The fourth-order valence-corrected chi connectivity index (χ4v) is 1.83. The molecule has 1 aromatic rings. The van der Waals surface area contributed by atoms with E-state index >= 15 is 0 Å². The number of nitrogens with two attached hydrogens (primary N) is 1. The van der Waals surface area contributed by atoms with Crippen molar-refractivity contribution in [1.82, 2.24) is 4.90 Å². The Morgan fingerprint density at radius 1 is 1.44 bits per heavy atom. The molecule has 0 radical (unpaired) electrons. The van der Waals surface area contributed by atoms with Crippen LogP contribution in [0, 0.1) is 6.92 Å². The second-order valence-corrected chi connectivity index (χ2v) is 4.59. The van der Waals surface area contributed by atoms with E-state index in [2.05, 4.69) is 0 Å². The summed E-state index contributed by atoms with van der Waals surface area (Å²) in [6, 6.07) is 5.94.